The monoisotopic (exact) mass is 157 g/mol. The van der Waals surface area contributed by atoms with Crippen molar-refractivity contribution in [2.45, 2.75) is 7.43 Å². The predicted octanol–water partition coefficient (Wildman–Crippen LogP) is 3.02. The highest BCUT2D eigenvalue weighted by Crippen LogP contribution is 2.18. The zero-order chi connectivity index (χ0) is 6.69. The maximum atomic E-state index is 5.76. The van der Waals surface area contributed by atoms with E-state index in [4.69, 9.17) is 11.6 Å². The van der Waals surface area contributed by atoms with Gasteiger partial charge in [-0.2, -0.15) is 0 Å². The van der Waals surface area contributed by atoms with Gasteiger partial charge in [0, 0.05) is 7.05 Å². The smallest absolute Gasteiger partial charge is 0.0637 e. The molecule has 0 heterocycles. The third-order valence-electron chi connectivity index (χ3n) is 1.14. The largest absolute Gasteiger partial charge is 0.387 e. The van der Waals surface area contributed by atoms with E-state index in [-0.39, 0.29) is 7.43 Å². The summed E-state index contributed by atoms with van der Waals surface area (Å²) >= 11 is 5.76. The lowest BCUT2D eigenvalue weighted by Gasteiger charge is -1.99. The number of nitrogens with one attached hydrogen (secondary N) is 1. The number of halogens is 1. The third-order valence-corrected chi connectivity index (χ3v) is 1.47. The van der Waals surface area contributed by atoms with Crippen LogP contribution in [0.5, 0.6) is 0 Å². The minimum Gasteiger partial charge on any atom is -0.387 e. The number of rotatable bonds is 1. The molecule has 0 amide bonds. The van der Waals surface area contributed by atoms with E-state index in [1.165, 1.54) is 0 Å². The van der Waals surface area contributed by atoms with Crippen LogP contribution in [0.4, 0.5) is 5.69 Å². The highest BCUT2D eigenvalue weighted by molar-refractivity contribution is 6.33. The first-order valence-corrected chi connectivity index (χ1v) is 3.14. The first-order valence-electron chi connectivity index (χ1n) is 2.77. The van der Waals surface area contributed by atoms with Crippen molar-refractivity contribution in [2.75, 3.05) is 12.4 Å². The fraction of sp³-hybridized carbons (Fsp3) is 0.250. The van der Waals surface area contributed by atoms with Crippen LogP contribution in [-0.2, 0) is 0 Å². The summed E-state index contributed by atoms with van der Waals surface area (Å²) in [6.07, 6.45) is 0. The average Bonchev–Trinajstić information content (AvgIpc) is 1.89. The molecule has 0 spiro atoms. The number of hydrogen-bond acceptors (Lipinski definition) is 1. The maximum Gasteiger partial charge on any atom is 0.0637 e. The Bertz CT molecular complexity index is 198. The number of para-hydroxylation sites is 1. The van der Waals surface area contributed by atoms with Gasteiger partial charge in [-0.25, -0.2) is 0 Å². The molecule has 1 N–H and O–H groups in total. The van der Waals surface area contributed by atoms with Gasteiger partial charge < -0.3 is 5.32 Å². The van der Waals surface area contributed by atoms with E-state index in [1.54, 1.807) is 0 Å². The van der Waals surface area contributed by atoms with Crippen LogP contribution in [0.3, 0.4) is 0 Å². The van der Waals surface area contributed by atoms with Crippen LogP contribution in [0.15, 0.2) is 24.3 Å². The second-order valence-electron chi connectivity index (χ2n) is 1.73. The lowest BCUT2D eigenvalue weighted by Crippen LogP contribution is -1.86. The van der Waals surface area contributed by atoms with Crippen molar-refractivity contribution in [1.29, 1.82) is 0 Å². The van der Waals surface area contributed by atoms with E-state index in [1.807, 2.05) is 31.3 Å². The highest BCUT2D eigenvalue weighted by Gasteiger charge is 1.91. The minimum absolute atomic E-state index is 0. The van der Waals surface area contributed by atoms with Crippen LogP contribution in [0.25, 0.3) is 0 Å². The predicted molar refractivity (Wildman–Crippen MR) is 47.7 cm³/mol. The molecule has 0 atom stereocenters. The second-order valence-corrected chi connectivity index (χ2v) is 2.14. The molecule has 0 aromatic heterocycles. The Morgan fingerprint density at radius 1 is 1.30 bits per heavy atom. The van der Waals surface area contributed by atoms with Crippen molar-refractivity contribution >= 4 is 17.3 Å². The molecule has 1 aromatic carbocycles. The van der Waals surface area contributed by atoms with Crippen molar-refractivity contribution in [1.82, 2.24) is 0 Å². The lowest BCUT2D eigenvalue weighted by atomic mass is 10.3. The maximum absolute atomic E-state index is 5.76. The van der Waals surface area contributed by atoms with Crippen molar-refractivity contribution < 1.29 is 0 Å². The third kappa shape index (κ3) is 1.92. The summed E-state index contributed by atoms with van der Waals surface area (Å²) in [6.45, 7) is 0. The molecule has 0 fully saturated rings. The lowest BCUT2D eigenvalue weighted by molar-refractivity contribution is 1.51. The Hall–Kier alpha value is -0.690. The van der Waals surface area contributed by atoms with Crippen molar-refractivity contribution in [3.05, 3.63) is 29.3 Å². The summed E-state index contributed by atoms with van der Waals surface area (Å²) < 4.78 is 0. The van der Waals surface area contributed by atoms with Crippen LogP contribution < -0.4 is 5.32 Å². The van der Waals surface area contributed by atoms with Crippen LogP contribution in [0, 0.1) is 0 Å². The summed E-state index contributed by atoms with van der Waals surface area (Å²) in [5, 5.41) is 3.73. The summed E-state index contributed by atoms with van der Waals surface area (Å²) in [5.41, 5.74) is 0.971. The first kappa shape index (κ1) is 9.31. The molecule has 0 aliphatic carbocycles. The summed E-state index contributed by atoms with van der Waals surface area (Å²) in [7, 11) is 1.85. The molecule has 1 nitrogen and oxygen atoms in total. The van der Waals surface area contributed by atoms with E-state index in [9.17, 15) is 0 Å². The van der Waals surface area contributed by atoms with Crippen molar-refractivity contribution in [3.8, 4) is 0 Å². The van der Waals surface area contributed by atoms with Gasteiger partial charge in [-0.3, -0.25) is 0 Å². The van der Waals surface area contributed by atoms with Gasteiger partial charge in [0.05, 0.1) is 10.7 Å². The molecule has 0 bridgehead atoms. The molecule has 10 heavy (non-hydrogen) atoms. The van der Waals surface area contributed by atoms with Gasteiger partial charge in [0.15, 0.2) is 0 Å². The molecule has 56 valence electrons. The van der Waals surface area contributed by atoms with Crippen molar-refractivity contribution in [2.24, 2.45) is 0 Å². The fourth-order valence-corrected chi connectivity index (χ4v) is 0.894. The molecule has 0 aliphatic heterocycles. The van der Waals surface area contributed by atoms with E-state index < -0.39 is 0 Å². The minimum atomic E-state index is 0. The summed E-state index contributed by atoms with van der Waals surface area (Å²) in [4.78, 5) is 0. The molecule has 0 saturated carbocycles. The van der Waals surface area contributed by atoms with Gasteiger partial charge in [-0.05, 0) is 12.1 Å². The molecule has 0 unspecified atom stereocenters. The number of benzene rings is 1. The Morgan fingerprint density at radius 3 is 2.30 bits per heavy atom. The molecule has 0 radical (unpaired) electrons. The SMILES string of the molecule is C.CNc1ccccc1Cl. The molecule has 2 heteroatoms. The van der Waals surface area contributed by atoms with Crippen LogP contribution >= 0.6 is 11.6 Å². The van der Waals surface area contributed by atoms with Gasteiger partial charge in [0.25, 0.3) is 0 Å². The quantitative estimate of drug-likeness (QED) is 0.661. The Kier molecular flexibility index (Phi) is 3.89. The standard InChI is InChI=1S/C7H8ClN.CH4/c1-9-7-5-3-2-4-6(7)8;/h2-5,9H,1H3;1H4. The van der Waals surface area contributed by atoms with Gasteiger partial charge in [-0.1, -0.05) is 31.2 Å². The van der Waals surface area contributed by atoms with Crippen LogP contribution in [-0.4, -0.2) is 7.05 Å². The van der Waals surface area contributed by atoms with E-state index in [0.29, 0.717) is 0 Å². The fourth-order valence-electron chi connectivity index (χ4n) is 0.664. The topological polar surface area (TPSA) is 12.0 Å². The van der Waals surface area contributed by atoms with Gasteiger partial charge in [-0.15, -0.1) is 0 Å². The Morgan fingerprint density at radius 2 is 1.90 bits per heavy atom. The Labute approximate surface area is 67.0 Å². The zero-order valence-electron chi connectivity index (χ0n) is 5.19. The second kappa shape index (κ2) is 4.18. The first-order chi connectivity index (χ1) is 4.34. The molecule has 0 aliphatic rings. The number of hydrogen-bond donors (Lipinski definition) is 1. The van der Waals surface area contributed by atoms with Gasteiger partial charge in [0.2, 0.25) is 0 Å². The normalized spacial score (nSPS) is 8.20. The number of anilines is 1. The van der Waals surface area contributed by atoms with E-state index >= 15 is 0 Å². The Balaban J connectivity index is 0.000000810. The molecular weight excluding hydrogens is 146 g/mol. The summed E-state index contributed by atoms with van der Waals surface area (Å²) in [5.74, 6) is 0. The van der Waals surface area contributed by atoms with Crippen LogP contribution in [0.1, 0.15) is 7.43 Å². The van der Waals surface area contributed by atoms with Crippen molar-refractivity contribution in [3.63, 3.8) is 0 Å². The van der Waals surface area contributed by atoms with Gasteiger partial charge in [0.1, 0.15) is 0 Å². The summed E-state index contributed by atoms with van der Waals surface area (Å²) in [6, 6.07) is 7.64. The average molecular weight is 158 g/mol. The van der Waals surface area contributed by atoms with Crippen LogP contribution in [0.2, 0.25) is 5.02 Å². The highest BCUT2D eigenvalue weighted by atomic mass is 35.5. The molecule has 1 aromatic rings. The zero-order valence-corrected chi connectivity index (χ0v) is 5.94. The van der Waals surface area contributed by atoms with E-state index in [2.05, 4.69) is 5.32 Å². The van der Waals surface area contributed by atoms with E-state index in [0.717, 1.165) is 10.7 Å². The van der Waals surface area contributed by atoms with Gasteiger partial charge >= 0.3 is 0 Å². The molecule has 0 saturated heterocycles. The molecule has 1 rings (SSSR count). The molecular formula is C8H12ClN.